The Morgan fingerprint density at radius 2 is 1.92 bits per heavy atom. The second-order valence-electron chi connectivity index (χ2n) is 2.62. The normalized spacial score (nSPS) is 10.1. The first-order valence-electron chi connectivity index (χ1n) is 3.84. The average molecular weight is 184 g/mol. The number of hydrogen-bond acceptors (Lipinski definition) is 2. The van der Waals surface area contributed by atoms with Gasteiger partial charge in [-0.3, -0.25) is 4.98 Å². The molecule has 0 atom stereocenters. The average Bonchev–Trinajstić information content (AvgIpc) is 2.04. The molecule has 2 nitrogen and oxygen atoms in total. The molecule has 0 saturated heterocycles. The predicted molar refractivity (Wildman–Crippen MR) is 46.9 cm³/mol. The molecule has 0 bridgehead atoms. The van der Waals surface area contributed by atoms with Crippen LogP contribution in [0, 0.1) is 11.6 Å². The molecule has 13 heavy (non-hydrogen) atoms. The van der Waals surface area contributed by atoms with E-state index in [2.05, 4.69) is 11.6 Å². The summed E-state index contributed by atoms with van der Waals surface area (Å²) in [6, 6.07) is 0. The van der Waals surface area contributed by atoms with Gasteiger partial charge in [-0.05, 0) is 18.5 Å². The van der Waals surface area contributed by atoms with Crippen LogP contribution in [0.4, 0.5) is 8.78 Å². The standard InChI is InChI=1S/C9H10F2N2/c1-6(2-3-12)9-7(10)4-13-5-8(9)11/h4-5H,1-3,12H2. The van der Waals surface area contributed by atoms with E-state index in [-0.39, 0.29) is 5.56 Å². The Balaban J connectivity index is 3.05. The van der Waals surface area contributed by atoms with Gasteiger partial charge >= 0.3 is 0 Å². The summed E-state index contributed by atoms with van der Waals surface area (Å²) in [5, 5.41) is 0. The number of hydrogen-bond donors (Lipinski definition) is 1. The summed E-state index contributed by atoms with van der Waals surface area (Å²) in [6.45, 7) is 3.87. The molecule has 70 valence electrons. The van der Waals surface area contributed by atoms with E-state index < -0.39 is 11.6 Å². The number of rotatable bonds is 3. The van der Waals surface area contributed by atoms with Crippen LogP contribution in [0.25, 0.3) is 5.57 Å². The van der Waals surface area contributed by atoms with Crippen LogP contribution in [0.2, 0.25) is 0 Å². The van der Waals surface area contributed by atoms with Gasteiger partial charge in [0.25, 0.3) is 0 Å². The van der Waals surface area contributed by atoms with Gasteiger partial charge in [0, 0.05) is 0 Å². The van der Waals surface area contributed by atoms with Gasteiger partial charge in [0.15, 0.2) is 11.6 Å². The van der Waals surface area contributed by atoms with Gasteiger partial charge in [-0.2, -0.15) is 0 Å². The first kappa shape index (κ1) is 9.80. The third kappa shape index (κ3) is 2.09. The third-order valence-corrected chi connectivity index (χ3v) is 1.65. The molecule has 0 unspecified atom stereocenters. The Kier molecular flexibility index (Phi) is 3.08. The van der Waals surface area contributed by atoms with Crippen LogP contribution in [0.15, 0.2) is 19.0 Å². The zero-order valence-corrected chi connectivity index (χ0v) is 7.06. The Morgan fingerprint density at radius 1 is 1.38 bits per heavy atom. The number of halogens is 2. The van der Waals surface area contributed by atoms with E-state index in [1.165, 1.54) is 0 Å². The lowest BCUT2D eigenvalue weighted by Gasteiger charge is -2.05. The lowest BCUT2D eigenvalue weighted by Crippen LogP contribution is -2.02. The summed E-state index contributed by atoms with van der Waals surface area (Å²) >= 11 is 0. The van der Waals surface area contributed by atoms with Crippen molar-refractivity contribution >= 4 is 5.57 Å². The van der Waals surface area contributed by atoms with Crippen molar-refractivity contribution < 1.29 is 8.78 Å². The summed E-state index contributed by atoms with van der Waals surface area (Å²) in [5.74, 6) is -1.39. The van der Waals surface area contributed by atoms with Gasteiger partial charge < -0.3 is 5.73 Å². The maximum absolute atomic E-state index is 13.0. The lowest BCUT2D eigenvalue weighted by atomic mass is 10.1. The fourth-order valence-corrected chi connectivity index (χ4v) is 1.05. The second kappa shape index (κ2) is 4.09. The first-order chi connectivity index (χ1) is 6.16. The second-order valence-corrected chi connectivity index (χ2v) is 2.62. The fourth-order valence-electron chi connectivity index (χ4n) is 1.05. The molecule has 1 aromatic rings. The van der Waals surface area contributed by atoms with E-state index in [9.17, 15) is 8.78 Å². The Bertz CT molecular complexity index is 303. The SMILES string of the molecule is C=C(CCN)c1c(F)cncc1F. The number of aromatic nitrogens is 1. The summed E-state index contributed by atoms with van der Waals surface area (Å²) < 4.78 is 26.0. The van der Waals surface area contributed by atoms with Crippen LogP contribution in [-0.4, -0.2) is 11.5 Å². The van der Waals surface area contributed by atoms with Crippen LogP contribution >= 0.6 is 0 Å². The minimum Gasteiger partial charge on any atom is -0.330 e. The van der Waals surface area contributed by atoms with Gasteiger partial charge in [0.2, 0.25) is 0 Å². The molecule has 0 aromatic carbocycles. The van der Waals surface area contributed by atoms with Crippen molar-refractivity contribution in [3.8, 4) is 0 Å². The molecular formula is C9H10F2N2. The molecule has 1 aromatic heterocycles. The molecule has 0 saturated carbocycles. The van der Waals surface area contributed by atoms with E-state index in [0.29, 0.717) is 18.5 Å². The van der Waals surface area contributed by atoms with Gasteiger partial charge in [-0.25, -0.2) is 8.78 Å². The van der Waals surface area contributed by atoms with Crippen molar-refractivity contribution in [1.82, 2.24) is 4.98 Å². The lowest BCUT2D eigenvalue weighted by molar-refractivity contribution is 0.565. The minimum absolute atomic E-state index is 0.111. The molecule has 0 radical (unpaired) electrons. The Morgan fingerprint density at radius 3 is 2.38 bits per heavy atom. The highest BCUT2D eigenvalue weighted by Gasteiger charge is 2.11. The molecule has 0 aliphatic carbocycles. The van der Waals surface area contributed by atoms with Crippen LogP contribution in [0.5, 0.6) is 0 Å². The van der Waals surface area contributed by atoms with Crippen LogP contribution in [0.1, 0.15) is 12.0 Å². The molecule has 0 aliphatic rings. The van der Waals surface area contributed by atoms with Crippen LogP contribution < -0.4 is 5.73 Å². The van der Waals surface area contributed by atoms with Crippen molar-refractivity contribution in [3.05, 3.63) is 36.2 Å². The van der Waals surface area contributed by atoms with Crippen molar-refractivity contribution in [1.29, 1.82) is 0 Å². The maximum atomic E-state index is 13.0. The van der Waals surface area contributed by atoms with Gasteiger partial charge in [-0.15, -0.1) is 0 Å². The molecule has 0 aliphatic heterocycles. The first-order valence-corrected chi connectivity index (χ1v) is 3.84. The number of pyridine rings is 1. The highest BCUT2D eigenvalue weighted by atomic mass is 19.1. The molecule has 0 amide bonds. The maximum Gasteiger partial charge on any atom is 0.151 e. The smallest absolute Gasteiger partial charge is 0.151 e. The highest BCUT2D eigenvalue weighted by molar-refractivity contribution is 5.63. The Hall–Kier alpha value is -1.29. The number of nitrogens with zero attached hydrogens (tertiary/aromatic N) is 1. The highest BCUT2D eigenvalue weighted by Crippen LogP contribution is 2.21. The van der Waals surface area contributed by atoms with E-state index in [1.54, 1.807) is 0 Å². The molecule has 2 N–H and O–H groups in total. The summed E-state index contributed by atoms with van der Waals surface area (Å²) in [4.78, 5) is 3.36. The summed E-state index contributed by atoms with van der Waals surface area (Å²) in [5.41, 5.74) is 5.50. The summed E-state index contributed by atoms with van der Waals surface area (Å²) in [7, 11) is 0. The fraction of sp³-hybridized carbons (Fsp3) is 0.222. The van der Waals surface area contributed by atoms with E-state index in [4.69, 9.17) is 5.73 Å². The van der Waals surface area contributed by atoms with Crippen molar-refractivity contribution in [3.63, 3.8) is 0 Å². The third-order valence-electron chi connectivity index (χ3n) is 1.65. The van der Waals surface area contributed by atoms with Crippen molar-refractivity contribution in [2.75, 3.05) is 6.54 Å². The van der Waals surface area contributed by atoms with Gasteiger partial charge in [0.1, 0.15) is 0 Å². The Labute approximate surface area is 75.1 Å². The molecule has 1 rings (SSSR count). The predicted octanol–water partition coefficient (Wildman–Crippen LogP) is 1.72. The van der Waals surface area contributed by atoms with E-state index >= 15 is 0 Å². The van der Waals surface area contributed by atoms with E-state index in [1.807, 2.05) is 0 Å². The van der Waals surface area contributed by atoms with Crippen molar-refractivity contribution in [2.24, 2.45) is 5.73 Å². The monoisotopic (exact) mass is 184 g/mol. The van der Waals surface area contributed by atoms with Crippen LogP contribution in [-0.2, 0) is 0 Å². The molecule has 4 heteroatoms. The van der Waals surface area contributed by atoms with Crippen LogP contribution in [0.3, 0.4) is 0 Å². The van der Waals surface area contributed by atoms with Gasteiger partial charge in [0.05, 0.1) is 18.0 Å². The quantitative estimate of drug-likeness (QED) is 0.776. The number of nitrogens with two attached hydrogens (primary N) is 1. The largest absolute Gasteiger partial charge is 0.330 e. The minimum atomic E-state index is -0.696. The molecule has 0 fully saturated rings. The zero-order valence-electron chi connectivity index (χ0n) is 7.06. The molecular weight excluding hydrogens is 174 g/mol. The van der Waals surface area contributed by atoms with E-state index in [0.717, 1.165) is 12.4 Å². The molecule has 0 spiro atoms. The summed E-state index contributed by atoms with van der Waals surface area (Å²) in [6.07, 6.45) is 2.29. The molecule has 1 heterocycles. The van der Waals surface area contributed by atoms with Crippen molar-refractivity contribution in [2.45, 2.75) is 6.42 Å². The topological polar surface area (TPSA) is 38.9 Å². The van der Waals surface area contributed by atoms with Gasteiger partial charge in [-0.1, -0.05) is 6.58 Å². The zero-order chi connectivity index (χ0) is 9.84.